The highest BCUT2D eigenvalue weighted by Gasteiger charge is 2.33. The number of thiazole rings is 1. The van der Waals surface area contributed by atoms with Crippen molar-refractivity contribution in [2.24, 2.45) is 4.99 Å². The number of hydrogen-bond donors (Lipinski definition) is 0. The van der Waals surface area contributed by atoms with Gasteiger partial charge in [-0.15, -0.1) is 0 Å². The molecule has 0 N–H and O–H groups in total. The third-order valence-electron chi connectivity index (χ3n) is 7.38. The molecule has 0 bridgehead atoms. The summed E-state index contributed by atoms with van der Waals surface area (Å²) in [6.45, 7) is 4.39. The normalized spacial score (nSPS) is 15.0. The van der Waals surface area contributed by atoms with Crippen LogP contribution in [0.4, 0.5) is 0 Å². The van der Waals surface area contributed by atoms with Gasteiger partial charge in [-0.05, 0) is 77.3 Å². The Bertz CT molecular complexity index is 2090. The minimum absolute atomic E-state index is 0.207. The molecular formula is C33H27BrClN3O4S. The zero-order valence-electron chi connectivity index (χ0n) is 23.6. The zero-order chi connectivity index (χ0) is 30.2. The molecule has 1 aliphatic rings. The molecule has 1 atom stereocenters. The first-order chi connectivity index (χ1) is 20.8. The maximum Gasteiger partial charge on any atom is 0.338 e. The van der Waals surface area contributed by atoms with Gasteiger partial charge in [-0.2, -0.15) is 0 Å². The molecule has 0 amide bonds. The quantitative estimate of drug-likeness (QED) is 0.192. The van der Waals surface area contributed by atoms with Crippen molar-refractivity contribution < 1.29 is 14.3 Å². The summed E-state index contributed by atoms with van der Waals surface area (Å²) in [6, 6.07) is 20.7. The van der Waals surface area contributed by atoms with E-state index in [-0.39, 0.29) is 12.2 Å². The fourth-order valence-electron chi connectivity index (χ4n) is 5.41. The van der Waals surface area contributed by atoms with Crippen LogP contribution in [-0.2, 0) is 16.1 Å². The molecule has 0 saturated heterocycles. The van der Waals surface area contributed by atoms with Crippen LogP contribution < -0.4 is 19.6 Å². The Labute approximate surface area is 265 Å². The summed E-state index contributed by atoms with van der Waals surface area (Å²) in [5.74, 6) is 0.143. The standard InChI is InChI=1S/C33H27BrClN3O4S/c1-4-42-32(40)29-19(2)36-33-38(30(29)21-11-14-27(41-3)25(34)15-21)31(39)28(43-33)16-22-18-37(26-8-6-5-7-24(22)26)17-20-9-12-23(35)13-10-20/h5-16,18,30H,4,17H2,1-3H3/b28-16+/t30-/m0/s1. The molecule has 7 nitrogen and oxygen atoms in total. The third kappa shape index (κ3) is 5.48. The van der Waals surface area contributed by atoms with Crippen LogP contribution in [0, 0.1) is 0 Å². The van der Waals surface area contributed by atoms with Crippen LogP contribution in [0.25, 0.3) is 17.0 Å². The van der Waals surface area contributed by atoms with E-state index in [1.807, 2.05) is 60.7 Å². The smallest absolute Gasteiger partial charge is 0.338 e. The van der Waals surface area contributed by atoms with Crippen molar-refractivity contribution in [1.29, 1.82) is 0 Å². The summed E-state index contributed by atoms with van der Waals surface area (Å²) in [5, 5.41) is 1.72. The van der Waals surface area contributed by atoms with Crippen molar-refractivity contribution in [3.63, 3.8) is 0 Å². The average molecular weight is 677 g/mol. The second-order valence-corrected chi connectivity index (χ2v) is 12.4. The van der Waals surface area contributed by atoms with Gasteiger partial charge in [0.1, 0.15) is 5.75 Å². The highest BCUT2D eigenvalue weighted by Crippen LogP contribution is 2.35. The van der Waals surface area contributed by atoms with E-state index in [1.165, 1.54) is 11.3 Å². The number of nitrogens with zero attached hydrogens (tertiary/aromatic N) is 3. The Morgan fingerprint density at radius 2 is 1.91 bits per heavy atom. The van der Waals surface area contributed by atoms with Gasteiger partial charge in [0.2, 0.25) is 0 Å². The number of benzene rings is 3. The zero-order valence-corrected chi connectivity index (χ0v) is 26.8. The molecule has 6 rings (SSSR count). The number of hydrogen-bond acceptors (Lipinski definition) is 6. The summed E-state index contributed by atoms with van der Waals surface area (Å²) >= 11 is 11.0. The molecule has 218 valence electrons. The highest BCUT2D eigenvalue weighted by molar-refractivity contribution is 9.10. The number of methoxy groups -OCH3 is 1. The van der Waals surface area contributed by atoms with Gasteiger partial charge in [0.25, 0.3) is 5.56 Å². The van der Waals surface area contributed by atoms with Crippen LogP contribution in [0.1, 0.15) is 36.6 Å². The molecule has 0 unspecified atom stereocenters. The first-order valence-electron chi connectivity index (χ1n) is 13.6. The molecule has 10 heteroatoms. The Balaban J connectivity index is 1.51. The maximum absolute atomic E-state index is 14.2. The number of carbonyl (C=O) groups excluding carboxylic acids is 1. The Morgan fingerprint density at radius 1 is 1.14 bits per heavy atom. The van der Waals surface area contributed by atoms with Crippen molar-refractivity contribution >= 4 is 61.8 Å². The Morgan fingerprint density at radius 3 is 2.63 bits per heavy atom. The van der Waals surface area contributed by atoms with Gasteiger partial charge in [0.15, 0.2) is 4.80 Å². The lowest BCUT2D eigenvalue weighted by Gasteiger charge is -2.25. The lowest BCUT2D eigenvalue weighted by Crippen LogP contribution is -2.39. The number of aromatic nitrogens is 2. The van der Waals surface area contributed by atoms with Crippen molar-refractivity contribution in [2.45, 2.75) is 26.4 Å². The van der Waals surface area contributed by atoms with Gasteiger partial charge in [-0.1, -0.05) is 59.3 Å². The van der Waals surface area contributed by atoms with Gasteiger partial charge in [-0.3, -0.25) is 9.36 Å². The van der Waals surface area contributed by atoms with Crippen molar-refractivity contribution in [2.75, 3.05) is 13.7 Å². The number of para-hydroxylation sites is 1. The topological polar surface area (TPSA) is 74.8 Å². The number of ether oxygens (including phenoxy) is 2. The SMILES string of the molecule is CCOC(=O)C1=C(C)N=c2s/c(=C/c3cn(Cc4ccc(Cl)cc4)c4ccccc34)c(=O)n2[C@H]1c1ccc(OC)c(Br)c1. The second kappa shape index (κ2) is 12.0. The monoisotopic (exact) mass is 675 g/mol. The summed E-state index contributed by atoms with van der Waals surface area (Å²) in [6.07, 6.45) is 3.97. The van der Waals surface area contributed by atoms with Crippen molar-refractivity contribution in [1.82, 2.24) is 9.13 Å². The largest absolute Gasteiger partial charge is 0.496 e. The van der Waals surface area contributed by atoms with Crippen LogP contribution in [0.2, 0.25) is 5.02 Å². The van der Waals surface area contributed by atoms with Crippen molar-refractivity contribution in [3.05, 3.63) is 130 Å². The Kier molecular flexibility index (Phi) is 8.13. The van der Waals surface area contributed by atoms with Gasteiger partial charge < -0.3 is 14.0 Å². The molecule has 0 spiro atoms. The van der Waals surface area contributed by atoms with Crippen LogP contribution >= 0.6 is 38.9 Å². The average Bonchev–Trinajstić information content (AvgIpc) is 3.49. The number of allylic oxidation sites excluding steroid dienone is 1. The molecular weight excluding hydrogens is 650 g/mol. The molecule has 1 aliphatic heterocycles. The highest BCUT2D eigenvalue weighted by atomic mass is 79.9. The minimum Gasteiger partial charge on any atom is -0.496 e. The van der Waals surface area contributed by atoms with E-state index in [4.69, 9.17) is 26.1 Å². The molecule has 0 aliphatic carbocycles. The summed E-state index contributed by atoms with van der Waals surface area (Å²) < 4.78 is 15.8. The van der Waals surface area contributed by atoms with Crippen LogP contribution in [0.3, 0.4) is 0 Å². The van der Waals surface area contributed by atoms with E-state index < -0.39 is 12.0 Å². The van der Waals surface area contributed by atoms with Gasteiger partial charge in [-0.25, -0.2) is 9.79 Å². The van der Waals surface area contributed by atoms with Gasteiger partial charge in [0, 0.05) is 34.2 Å². The molecule has 43 heavy (non-hydrogen) atoms. The molecule has 0 radical (unpaired) electrons. The number of rotatable bonds is 7. The molecule has 0 saturated carbocycles. The predicted octanol–water partition coefficient (Wildman–Crippen LogP) is 6.23. The number of esters is 1. The van der Waals surface area contributed by atoms with Crippen molar-refractivity contribution in [3.8, 4) is 5.75 Å². The first-order valence-corrected chi connectivity index (χ1v) is 15.6. The van der Waals surface area contributed by atoms with E-state index >= 15 is 0 Å². The number of carbonyl (C=O) groups is 1. The lowest BCUT2D eigenvalue weighted by atomic mass is 9.96. The van der Waals surface area contributed by atoms with Crippen LogP contribution in [0.15, 0.2) is 98.5 Å². The predicted molar refractivity (Wildman–Crippen MR) is 174 cm³/mol. The minimum atomic E-state index is -0.717. The lowest BCUT2D eigenvalue weighted by molar-refractivity contribution is -0.139. The first kappa shape index (κ1) is 29.2. The Hall–Kier alpha value is -3.92. The second-order valence-electron chi connectivity index (χ2n) is 10.1. The molecule has 2 aromatic heterocycles. The van der Waals surface area contributed by atoms with Crippen LogP contribution in [0.5, 0.6) is 5.75 Å². The number of fused-ring (bicyclic) bond motifs is 2. The van der Waals surface area contributed by atoms with E-state index in [2.05, 4.69) is 38.8 Å². The van der Waals surface area contributed by atoms with E-state index in [9.17, 15) is 9.59 Å². The molecule has 3 heterocycles. The maximum atomic E-state index is 14.2. The summed E-state index contributed by atoms with van der Waals surface area (Å²) in [7, 11) is 1.59. The molecule has 5 aromatic rings. The molecule has 0 fully saturated rings. The van der Waals surface area contributed by atoms with E-state index in [1.54, 1.807) is 25.5 Å². The van der Waals surface area contributed by atoms with E-state index in [0.717, 1.165) is 27.6 Å². The van der Waals surface area contributed by atoms with Crippen LogP contribution in [-0.4, -0.2) is 28.8 Å². The van der Waals surface area contributed by atoms with E-state index in [0.29, 0.717) is 42.4 Å². The fraction of sp³-hybridized carbons (Fsp3) is 0.182. The van der Waals surface area contributed by atoms with Gasteiger partial charge >= 0.3 is 5.97 Å². The summed E-state index contributed by atoms with van der Waals surface area (Å²) in [5.41, 5.74) is 4.43. The third-order valence-corrected chi connectivity index (χ3v) is 9.24. The van der Waals surface area contributed by atoms with Gasteiger partial charge in [0.05, 0.1) is 40.0 Å². The number of halogens is 2. The summed E-state index contributed by atoms with van der Waals surface area (Å²) in [4.78, 5) is 32.6. The fourth-order valence-corrected chi connectivity index (χ4v) is 7.13. The molecule has 3 aromatic carbocycles.